The van der Waals surface area contributed by atoms with Crippen molar-refractivity contribution < 1.29 is 14.6 Å². The number of rotatable bonds is 5. The van der Waals surface area contributed by atoms with E-state index < -0.39 is 12.6 Å². The third-order valence-electron chi connectivity index (χ3n) is 1.65. The number of hydrogen-bond acceptors (Lipinski definition) is 4. The van der Waals surface area contributed by atoms with Crippen LogP contribution in [0.5, 0.6) is 5.75 Å². The molecule has 19 heavy (non-hydrogen) atoms. The minimum Gasteiger partial charge on any atom is -0.480 e. The Labute approximate surface area is 128 Å². The van der Waals surface area contributed by atoms with Gasteiger partial charge in [-0.05, 0) is 37.7 Å². The molecule has 5 nitrogen and oxygen atoms in total. The number of carboxylic acid groups (broad SMARTS) is 1. The van der Waals surface area contributed by atoms with Crippen molar-refractivity contribution in [3.8, 4) is 5.75 Å². The van der Waals surface area contributed by atoms with Crippen LogP contribution in [0.1, 0.15) is 6.42 Å². The smallest absolute Gasteiger partial charge is 0.341 e. The Morgan fingerprint density at radius 2 is 1.84 bits per heavy atom. The molecule has 0 heterocycles. The molecule has 1 aromatic rings. The van der Waals surface area contributed by atoms with Crippen molar-refractivity contribution in [2.24, 2.45) is 11.5 Å². The minimum absolute atomic E-state index is 0. The predicted octanol–water partition coefficient (Wildman–Crippen LogP) is 2.17. The standard InChI is InChI=1S/C8H6Cl2O3.C3H10N2.ClH/c9-5-1-2-7(6(10)3-5)13-4-8(11)12;4-2-1-3-5;/h1-3H,4H2,(H,11,12);1-5H2;1H. The molecule has 0 aliphatic carbocycles. The van der Waals surface area contributed by atoms with Gasteiger partial charge in [-0.1, -0.05) is 23.2 Å². The first-order valence-corrected chi connectivity index (χ1v) is 5.96. The van der Waals surface area contributed by atoms with Crippen LogP contribution in [-0.4, -0.2) is 30.8 Å². The van der Waals surface area contributed by atoms with Crippen molar-refractivity contribution in [2.75, 3.05) is 19.7 Å². The third-order valence-corrected chi connectivity index (χ3v) is 2.18. The van der Waals surface area contributed by atoms with Gasteiger partial charge in [0.05, 0.1) is 5.02 Å². The van der Waals surface area contributed by atoms with Gasteiger partial charge in [-0.2, -0.15) is 0 Å². The topological polar surface area (TPSA) is 98.6 Å². The van der Waals surface area contributed by atoms with E-state index in [9.17, 15) is 4.79 Å². The van der Waals surface area contributed by atoms with Gasteiger partial charge >= 0.3 is 5.97 Å². The summed E-state index contributed by atoms with van der Waals surface area (Å²) in [7, 11) is 0. The van der Waals surface area contributed by atoms with E-state index in [1.54, 1.807) is 6.07 Å². The van der Waals surface area contributed by atoms with Crippen LogP contribution in [0.2, 0.25) is 10.0 Å². The summed E-state index contributed by atoms with van der Waals surface area (Å²) in [6.07, 6.45) is 0.944. The van der Waals surface area contributed by atoms with Crippen LogP contribution in [0.25, 0.3) is 0 Å². The summed E-state index contributed by atoms with van der Waals surface area (Å²) >= 11 is 11.3. The van der Waals surface area contributed by atoms with Gasteiger partial charge < -0.3 is 21.3 Å². The van der Waals surface area contributed by atoms with Gasteiger partial charge in [-0.15, -0.1) is 12.4 Å². The molecule has 0 unspecified atom stereocenters. The molecule has 5 N–H and O–H groups in total. The lowest BCUT2D eigenvalue weighted by Crippen LogP contribution is -2.09. The van der Waals surface area contributed by atoms with Crippen molar-refractivity contribution >= 4 is 41.6 Å². The number of hydrogen-bond donors (Lipinski definition) is 3. The van der Waals surface area contributed by atoms with Crippen molar-refractivity contribution in [3.63, 3.8) is 0 Å². The zero-order valence-corrected chi connectivity index (χ0v) is 12.5. The second kappa shape index (κ2) is 12.3. The summed E-state index contributed by atoms with van der Waals surface area (Å²) < 4.78 is 4.86. The lowest BCUT2D eigenvalue weighted by atomic mass is 10.3. The van der Waals surface area contributed by atoms with E-state index in [2.05, 4.69) is 0 Å². The normalized spacial score (nSPS) is 8.84. The molecule has 110 valence electrons. The maximum Gasteiger partial charge on any atom is 0.341 e. The number of carbonyl (C=O) groups is 1. The third kappa shape index (κ3) is 10.9. The molecule has 0 fully saturated rings. The Balaban J connectivity index is 0. The van der Waals surface area contributed by atoms with E-state index in [-0.39, 0.29) is 12.4 Å². The van der Waals surface area contributed by atoms with E-state index in [4.69, 9.17) is 44.5 Å². The van der Waals surface area contributed by atoms with Gasteiger partial charge in [0.1, 0.15) is 5.75 Å². The highest BCUT2D eigenvalue weighted by molar-refractivity contribution is 6.35. The van der Waals surface area contributed by atoms with E-state index in [1.807, 2.05) is 0 Å². The van der Waals surface area contributed by atoms with E-state index in [0.717, 1.165) is 19.5 Å². The van der Waals surface area contributed by atoms with E-state index >= 15 is 0 Å². The van der Waals surface area contributed by atoms with Crippen molar-refractivity contribution in [3.05, 3.63) is 28.2 Å². The monoisotopic (exact) mass is 330 g/mol. The van der Waals surface area contributed by atoms with Gasteiger partial charge in [-0.25, -0.2) is 4.79 Å². The Hall–Kier alpha value is -0.720. The zero-order valence-electron chi connectivity index (χ0n) is 10.1. The second-order valence-corrected chi connectivity index (χ2v) is 4.03. The van der Waals surface area contributed by atoms with Gasteiger partial charge in [-0.3, -0.25) is 0 Å². The Morgan fingerprint density at radius 1 is 1.26 bits per heavy atom. The highest BCUT2D eigenvalue weighted by Crippen LogP contribution is 2.27. The van der Waals surface area contributed by atoms with E-state index in [1.165, 1.54) is 12.1 Å². The van der Waals surface area contributed by atoms with Crippen LogP contribution in [-0.2, 0) is 4.79 Å². The predicted molar refractivity (Wildman–Crippen MR) is 79.6 cm³/mol. The summed E-state index contributed by atoms with van der Waals surface area (Å²) in [4.78, 5) is 10.2. The summed E-state index contributed by atoms with van der Waals surface area (Å²) in [6.45, 7) is 1.02. The molecule has 1 aromatic carbocycles. The van der Waals surface area contributed by atoms with Crippen LogP contribution in [0.15, 0.2) is 18.2 Å². The van der Waals surface area contributed by atoms with Crippen LogP contribution >= 0.6 is 35.6 Å². The van der Waals surface area contributed by atoms with Gasteiger partial charge in [0, 0.05) is 5.02 Å². The first-order chi connectivity index (χ1) is 8.51. The van der Waals surface area contributed by atoms with Crippen LogP contribution in [0.3, 0.4) is 0 Å². The first kappa shape index (κ1) is 20.6. The summed E-state index contributed by atoms with van der Waals surface area (Å²) in [5, 5.41) is 9.11. The SMILES string of the molecule is Cl.NCCCN.O=C(O)COc1ccc(Cl)cc1Cl. The fourth-order valence-corrected chi connectivity index (χ4v) is 1.31. The maximum atomic E-state index is 10.2. The zero-order chi connectivity index (χ0) is 14.0. The van der Waals surface area contributed by atoms with Crippen LogP contribution < -0.4 is 16.2 Å². The molecule has 0 saturated carbocycles. The molecule has 0 radical (unpaired) electrons. The molecule has 0 aliphatic rings. The van der Waals surface area contributed by atoms with Gasteiger partial charge in [0.25, 0.3) is 0 Å². The quantitative estimate of drug-likeness (QED) is 0.768. The average molecular weight is 332 g/mol. The number of nitrogens with two attached hydrogens (primary N) is 2. The number of aliphatic carboxylic acids is 1. The highest BCUT2D eigenvalue weighted by atomic mass is 35.5. The number of carboxylic acids is 1. The Bertz CT molecular complexity index is 376. The molecule has 0 aliphatic heterocycles. The van der Waals surface area contributed by atoms with Crippen molar-refractivity contribution in [2.45, 2.75) is 6.42 Å². The first-order valence-electron chi connectivity index (χ1n) is 5.21. The minimum atomic E-state index is -1.05. The molecule has 0 saturated heterocycles. The average Bonchev–Trinajstić information content (AvgIpc) is 2.29. The fourth-order valence-electron chi connectivity index (χ4n) is 0.850. The Morgan fingerprint density at radius 3 is 2.21 bits per heavy atom. The number of halogens is 3. The molecule has 1 rings (SSSR count). The molecule has 0 amide bonds. The molecular formula is C11H17Cl3N2O3. The molecular weight excluding hydrogens is 314 g/mol. The molecule has 0 spiro atoms. The highest BCUT2D eigenvalue weighted by Gasteiger charge is 2.04. The summed E-state index contributed by atoms with van der Waals surface area (Å²) in [5.74, 6) is -0.737. The second-order valence-electron chi connectivity index (χ2n) is 3.19. The molecule has 0 bridgehead atoms. The van der Waals surface area contributed by atoms with Gasteiger partial charge in [0.15, 0.2) is 6.61 Å². The number of benzene rings is 1. The molecule has 0 aromatic heterocycles. The number of ether oxygens (including phenoxy) is 1. The van der Waals surface area contributed by atoms with Crippen molar-refractivity contribution in [1.82, 2.24) is 0 Å². The van der Waals surface area contributed by atoms with Gasteiger partial charge in [0.2, 0.25) is 0 Å². The molecule has 0 atom stereocenters. The largest absolute Gasteiger partial charge is 0.480 e. The van der Waals surface area contributed by atoms with Crippen molar-refractivity contribution in [1.29, 1.82) is 0 Å². The van der Waals surface area contributed by atoms with E-state index in [0.29, 0.717) is 15.8 Å². The van der Waals surface area contributed by atoms with Crippen LogP contribution in [0, 0.1) is 0 Å². The lowest BCUT2D eigenvalue weighted by molar-refractivity contribution is -0.139. The van der Waals surface area contributed by atoms with Crippen LogP contribution in [0.4, 0.5) is 0 Å². The lowest BCUT2D eigenvalue weighted by Gasteiger charge is -2.04. The molecule has 8 heteroatoms. The summed E-state index contributed by atoms with van der Waals surface area (Å²) in [6, 6.07) is 4.58. The fraction of sp³-hybridized carbons (Fsp3) is 0.364. The Kier molecular flexibility index (Phi) is 13.4. The summed E-state index contributed by atoms with van der Waals surface area (Å²) in [5.41, 5.74) is 10.1. The maximum absolute atomic E-state index is 10.2.